The zero-order chi connectivity index (χ0) is 16.2. The lowest BCUT2D eigenvalue weighted by atomic mass is 9.93. The molecule has 0 bridgehead atoms. The van der Waals surface area contributed by atoms with Crippen molar-refractivity contribution >= 4 is 16.0 Å². The molecule has 5 heteroatoms. The van der Waals surface area contributed by atoms with E-state index in [1.807, 2.05) is 31.2 Å². The van der Waals surface area contributed by atoms with E-state index in [4.69, 9.17) is 0 Å². The third-order valence-corrected chi connectivity index (χ3v) is 6.37. The summed E-state index contributed by atoms with van der Waals surface area (Å²) in [5.74, 6) is 0. The molecule has 4 nitrogen and oxygen atoms in total. The Labute approximate surface area is 134 Å². The van der Waals surface area contributed by atoms with Gasteiger partial charge in [0.05, 0.1) is 0 Å². The van der Waals surface area contributed by atoms with Crippen molar-refractivity contribution in [1.29, 1.82) is 0 Å². The fraction of sp³-hybridized carbons (Fsp3) is 0.647. The number of rotatable bonds is 6. The van der Waals surface area contributed by atoms with Gasteiger partial charge in [-0.3, -0.25) is 0 Å². The highest BCUT2D eigenvalue weighted by molar-refractivity contribution is 7.85. The van der Waals surface area contributed by atoms with E-state index in [-0.39, 0.29) is 9.93 Å². The van der Waals surface area contributed by atoms with E-state index in [1.165, 1.54) is 0 Å². The number of hydrogen-bond acceptors (Lipinski definition) is 2. The number of benzene rings is 1. The van der Waals surface area contributed by atoms with Gasteiger partial charge in [-0.25, -0.2) is 4.55 Å². The minimum absolute atomic E-state index is 0.0444. The fourth-order valence-corrected chi connectivity index (χ4v) is 5.04. The fourth-order valence-electron chi connectivity index (χ4n) is 3.71. The summed E-state index contributed by atoms with van der Waals surface area (Å²) in [5.41, 5.74) is 1.74. The summed E-state index contributed by atoms with van der Waals surface area (Å²) in [6, 6.07) is 7.57. The van der Waals surface area contributed by atoms with E-state index in [9.17, 15) is 13.0 Å². The zero-order valence-corrected chi connectivity index (χ0v) is 14.5. The number of quaternary nitrogens is 1. The largest absolute Gasteiger partial charge is 0.438 e. The van der Waals surface area contributed by atoms with Crippen molar-refractivity contribution in [3.05, 3.63) is 29.8 Å². The highest BCUT2D eigenvalue weighted by atomic mass is 32.2. The van der Waals surface area contributed by atoms with Gasteiger partial charge >= 0.3 is 10.3 Å². The molecule has 0 spiro atoms. The van der Waals surface area contributed by atoms with Gasteiger partial charge in [-0.2, -0.15) is 3.89 Å². The van der Waals surface area contributed by atoms with Crippen molar-refractivity contribution in [2.45, 2.75) is 64.8 Å². The molecule has 124 valence electrons. The summed E-state index contributed by atoms with van der Waals surface area (Å²) in [6.07, 6.45) is 6.65. The molecule has 0 aliphatic heterocycles. The topological polar surface area (TPSA) is 54.4 Å². The summed E-state index contributed by atoms with van der Waals surface area (Å²) in [6.45, 7) is 4.46. The molecular formula is C17H28NO3S+. The van der Waals surface area contributed by atoms with Crippen LogP contribution < -0.4 is 3.89 Å². The Morgan fingerprint density at radius 1 is 1.23 bits per heavy atom. The SMILES string of the molecule is CCCC[N+](c1cccc(C)c1)(C1CCCCC1)S(=O)(=O)O. The van der Waals surface area contributed by atoms with Gasteiger partial charge < -0.3 is 0 Å². The molecule has 1 aliphatic rings. The standard InChI is InChI=1S/C17H27NO3S/c1-3-4-13-18(22(19,20)21,16-10-6-5-7-11-16)17-12-8-9-15(2)14-17/h8-9,12,14,16H,3-7,10-11,13H2,1-2H3/p+1. The smallest absolute Gasteiger partial charge is 0.241 e. The van der Waals surface area contributed by atoms with Crippen LogP contribution in [-0.2, 0) is 10.3 Å². The Morgan fingerprint density at radius 3 is 2.45 bits per heavy atom. The van der Waals surface area contributed by atoms with Crippen LogP contribution in [0.1, 0.15) is 57.4 Å². The van der Waals surface area contributed by atoms with Crippen molar-refractivity contribution in [1.82, 2.24) is 3.89 Å². The molecule has 2 rings (SSSR count). The first-order valence-corrected chi connectivity index (χ1v) is 9.74. The lowest BCUT2D eigenvalue weighted by Crippen LogP contribution is -2.61. The molecule has 0 aromatic heterocycles. The van der Waals surface area contributed by atoms with Gasteiger partial charge in [0.25, 0.3) is 0 Å². The summed E-state index contributed by atoms with van der Waals surface area (Å²) < 4.78 is 34.9. The van der Waals surface area contributed by atoms with Crippen LogP contribution in [0.5, 0.6) is 0 Å². The van der Waals surface area contributed by atoms with E-state index in [1.54, 1.807) is 0 Å². The van der Waals surface area contributed by atoms with Crippen molar-refractivity contribution in [2.75, 3.05) is 6.54 Å². The number of nitrogens with zero attached hydrogens (tertiary/aromatic N) is 1. The maximum Gasteiger partial charge on any atom is 0.438 e. The highest BCUT2D eigenvalue weighted by Crippen LogP contribution is 2.38. The van der Waals surface area contributed by atoms with E-state index in [0.717, 1.165) is 50.5 Å². The molecule has 1 atom stereocenters. The van der Waals surface area contributed by atoms with E-state index in [0.29, 0.717) is 12.2 Å². The summed E-state index contributed by atoms with van der Waals surface area (Å²) in [7, 11) is -4.23. The first-order valence-electron chi connectivity index (χ1n) is 8.34. The minimum atomic E-state index is -4.23. The second kappa shape index (κ2) is 7.11. The van der Waals surface area contributed by atoms with E-state index < -0.39 is 10.3 Å². The average Bonchev–Trinajstić information content (AvgIpc) is 2.48. The van der Waals surface area contributed by atoms with Crippen molar-refractivity contribution in [3.63, 3.8) is 0 Å². The van der Waals surface area contributed by atoms with Crippen LogP contribution in [0.4, 0.5) is 5.69 Å². The Kier molecular flexibility index (Phi) is 5.64. The lowest BCUT2D eigenvalue weighted by Gasteiger charge is -2.42. The normalized spacial score (nSPS) is 19.8. The molecule has 0 radical (unpaired) electrons. The second-order valence-corrected chi connectivity index (χ2v) is 8.00. The molecule has 0 heterocycles. The predicted octanol–water partition coefficient (Wildman–Crippen LogP) is 4.24. The Balaban J connectivity index is 2.58. The van der Waals surface area contributed by atoms with Crippen molar-refractivity contribution < 1.29 is 13.0 Å². The maximum absolute atomic E-state index is 12.5. The van der Waals surface area contributed by atoms with Crippen molar-refractivity contribution in [2.24, 2.45) is 0 Å². The lowest BCUT2D eigenvalue weighted by molar-refractivity contribution is 0.230. The molecule has 1 aromatic carbocycles. The summed E-state index contributed by atoms with van der Waals surface area (Å²) >= 11 is 0. The second-order valence-electron chi connectivity index (χ2n) is 6.45. The van der Waals surface area contributed by atoms with Gasteiger partial charge in [-0.05, 0) is 31.7 Å². The van der Waals surface area contributed by atoms with Crippen LogP contribution in [0.25, 0.3) is 0 Å². The maximum atomic E-state index is 12.5. The molecule has 1 aromatic rings. The van der Waals surface area contributed by atoms with E-state index >= 15 is 0 Å². The quantitative estimate of drug-likeness (QED) is 0.628. The summed E-state index contributed by atoms with van der Waals surface area (Å²) in [4.78, 5) is 0. The molecular weight excluding hydrogens is 298 g/mol. The molecule has 1 aliphatic carbocycles. The molecule has 1 N–H and O–H groups in total. The first kappa shape index (κ1) is 17.4. The molecule has 22 heavy (non-hydrogen) atoms. The van der Waals surface area contributed by atoms with Gasteiger partial charge in [0.15, 0.2) is 5.69 Å². The summed E-state index contributed by atoms with van der Waals surface area (Å²) in [5, 5.41) is 0. The first-order chi connectivity index (χ1) is 10.4. The van der Waals surface area contributed by atoms with Gasteiger partial charge in [0.1, 0.15) is 12.6 Å². The van der Waals surface area contributed by atoms with Crippen LogP contribution in [0.2, 0.25) is 0 Å². The number of hydrogen-bond donors (Lipinski definition) is 1. The average molecular weight is 326 g/mol. The molecule has 0 saturated heterocycles. The van der Waals surface area contributed by atoms with Crippen LogP contribution in [-0.4, -0.2) is 25.6 Å². The van der Waals surface area contributed by atoms with Crippen LogP contribution in [0.3, 0.4) is 0 Å². The monoisotopic (exact) mass is 326 g/mol. The van der Waals surface area contributed by atoms with Gasteiger partial charge in [-0.1, -0.05) is 31.9 Å². The molecule has 1 fully saturated rings. The predicted molar refractivity (Wildman–Crippen MR) is 91.2 cm³/mol. The van der Waals surface area contributed by atoms with Crippen LogP contribution in [0.15, 0.2) is 24.3 Å². The van der Waals surface area contributed by atoms with Gasteiger partial charge in [0, 0.05) is 25.0 Å². The Hall–Kier alpha value is -0.910. The van der Waals surface area contributed by atoms with Crippen LogP contribution >= 0.6 is 0 Å². The molecule has 1 unspecified atom stereocenters. The third-order valence-electron chi connectivity index (χ3n) is 4.86. The van der Waals surface area contributed by atoms with Gasteiger partial charge in [0.2, 0.25) is 0 Å². The Bertz CT molecular complexity index is 594. The molecule has 0 amide bonds. The van der Waals surface area contributed by atoms with Crippen LogP contribution in [0, 0.1) is 6.92 Å². The third kappa shape index (κ3) is 3.36. The highest BCUT2D eigenvalue weighted by Gasteiger charge is 2.49. The minimum Gasteiger partial charge on any atom is -0.241 e. The van der Waals surface area contributed by atoms with E-state index in [2.05, 4.69) is 6.92 Å². The Morgan fingerprint density at radius 2 is 1.91 bits per heavy atom. The van der Waals surface area contributed by atoms with Gasteiger partial charge in [-0.15, -0.1) is 8.42 Å². The van der Waals surface area contributed by atoms with Crippen molar-refractivity contribution in [3.8, 4) is 0 Å². The molecule has 1 saturated carbocycles. The number of unbranched alkanes of at least 4 members (excludes halogenated alkanes) is 1. The zero-order valence-electron chi connectivity index (χ0n) is 13.7. The number of aryl methyl sites for hydroxylation is 1.